The van der Waals surface area contributed by atoms with Crippen LogP contribution < -0.4 is 0 Å². The smallest absolute Gasteiger partial charge is 0.311 e. The van der Waals surface area contributed by atoms with E-state index in [0.717, 1.165) is 27.8 Å². The van der Waals surface area contributed by atoms with E-state index >= 15 is 0 Å². The fourth-order valence-electron chi connectivity index (χ4n) is 8.22. The predicted octanol–water partition coefficient (Wildman–Crippen LogP) is 10.7. The Kier molecular flexibility index (Phi) is 20.5. The first kappa shape index (κ1) is 54.8. The van der Waals surface area contributed by atoms with Crippen molar-refractivity contribution in [2.75, 3.05) is 19.0 Å². The van der Waals surface area contributed by atoms with Crippen molar-refractivity contribution in [2.24, 2.45) is 10.8 Å². The van der Waals surface area contributed by atoms with Crippen LogP contribution in [0.5, 0.6) is 0 Å². The summed E-state index contributed by atoms with van der Waals surface area (Å²) in [6.45, 7) is 14.0. The Balaban J connectivity index is 1.26. The largest absolute Gasteiger partial charge is 0.455 e. The number of hydrogen-bond donors (Lipinski definition) is 0. The number of esters is 2. The molecule has 5 aromatic carbocycles. The van der Waals surface area contributed by atoms with Gasteiger partial charge in [0.1, 0.15) is 42.1 Å². The molecular formula is C59H72O12S. The van der Waals surface area contributed by atoms with E-state index in [1.165, 1.54) is 11.8 Å². The van der Waals surface area contributed by atoms with E-state index < -0.39 is 83.3 Å². The van der Waals surface area contributed by atoms with Crippen LogP contribution >= 0.6 is 11.8 Å². The number of carbonyl (C=O) groups is 2. The van der Waals surface area contributed by atoms with Gasteiger partial charge in [-0.05, 0) is 75.1 Å². The molecule has 5 unspecified atom stereocenters. The average molecular weight is 1010 g/mol. The lowest BCUT2D eigenvalue weighted by atomic mass is 9.95. The Morgan fingerprint density at radius 1 is 0.431 bits per heavy atom. The summed E-state index contributed by atoms with van der Waals surface area (Å²) in [6.07, 6.45) is -8.14. The summed E-state index contributed by atoms with van der Waals surface area (Å²) in [5, 5.41) is 0. The summed E-state index contributed by atoms with van der Waals surface area (Å²) < 4.78 is 67.7. The SMILES string of the molecule is CCSC1OC(CO[C@@H]2OC(COCc3ccccc3)[C@H](OCc3ccccc3)C(OCc3ccccc3)[C@H]2OC(=O)C(C)(C)C)[C@H](OCc2ccccc2)C(OCc2ccccc2)[C@H]1OC(=O)C(C)(C)C. The number of benzene rings is 5. The van der Waals surface area contributed by atoms with Gasteiger partial charge in [-0.2, -0.15) is 0 Å². The molecule has 0 N–H and O–H groups in total. The van der Waals surface area contributed by atoms with Crippen LogP contribution in [-0.4, -0.2) is 91.5 Å². The molecule has 2 heterocycles. The molecule has 0 saturated carbocycles. The summed E-state index contributed by atoms with van der Waals surface area (Å²) in [5.41, 5.74) is 2.31. The quantitative estimate of drug-likeness (QED) is 0.0577. The second-order valence-corrected chi connectivity index (χ2v) is 21.5. The van der Waals surface area contributed by atoms with E-state index in [1.807, 2.05) is 179 Å². The lowest BCUT2D eigenvalue weighted by molar-refractivity contribution is -0.331. The predicted molar refractivity (Wildman–Crippen MR) is 276 cm³/mol. The molecule has 2 aliphatic heterocycles. The summed E-state index contributed by atoms with van der Waals surface area (Å²) in [5.74, 6) is -0.226. The molecule has 2 fully saturated rings. The van der Waals surface area contributed by atoms with E-state index in [9.17, 15) is 9.59 Å². The number of carbonyl (C=O) groups excluding carboxylic acids is 2. The van der Waals surface area contributed by atoms with Crippen LogP contribution in [0.4, 0.5) is 0 Å². The van der Waals surface area contributed by atoms with Crippen molar-refractivity contribution in [1.29, 1.82) is 0 Å². The second-order valence-electron chi connectivity index (χ2n) is 20.2. The first-order valence-electron chi connectivity index (χ1n) is 25.0. The summed E-state index contributed by atoms with van der Waals surface area (Å²) in [6, 6.07) is 49.2. The lowest BCUT2D eigenvalue weighted by Crippen LogP contribution is -2.64. The normalized spacial score (nSPS) is 24.6. The molecule has 10 atom stereocenters. The summed E-state index contributed by atoms with van der Waals surface area (Å²) in [4.78, 5) is 28.0. The van der Waals surface area contributed by atoms with Gasteiger partial charge in [0.25, 0.3) is 0 Å². The number of thioether (sulfide) groups is 1. The minimum atomic E-state index is -1.21. The van der Waals surface area contributed by atoms with Crippen LogP contribution in [0.2, 0.25) is 0 Å². The maximum Gasteiger partial charge on any atom is 0.311 e. The zero-order chi connectivity index (χ0) is 50.9. The third-order valence-corrected chi connectivity index (χ3v) is 13.2. The Labute approximate surface area is 430 Å². The van der Waals surface area contributed by atoms with E-state index in [2.05, 4.69) is 0 Å². The average Bonchev–Trinajstić information content (AvgIpc) is 3.38. The van der Waals surface area contributed by atoms with Crippen LogP contribution in [0.15, 0.2) is 152 Å². The number of rotatable bonds is 23. The first-order valence-corrected chi connectivity index (χ1v) is 26.0. The van der Waals surface area contributed by atoms with Gasteiger partial charge in [-0.15, -0.1) is 11.8 Å². The van der Waals surface area contributed by atoms with Crippen LogP contribution in [0.1, 0.15) is 76.3 Å². The monoisotopic (exact) mass is 1000 g/mol. The van der Waals surface area contributed by atoms with Crippen molar-refractivity contribution in [3.05, 3.63) is 179 Å². The fourth-order valence-corrected chi connectivity index (χ4v) is 9.16. The van der Waals surface area contributed by atoms with Crippen molar-refractivity contribution < 1.29 is 57.0 Å². The summed E-state index contributed by atoms with van der Waals surface area (Å²) in [7, 11) is 0. The van der Waals surface area contributed by atoms with Crippen LogP contribution in [0.3, 0.4) is 0 Å². The lowest BCUT2D eigenvalue weighted by Gasteiger charge is -2.48. The van der Waals surface area contributed by atoms with Crippen molar-refractivity contribution >= 4 is 23.7 Å². The zero-order valence-electron chi connectivity index (χ0n) is 42.7. The van der Waals surface area contributed by atoms with E-state index in [1.54, 1.807) is 20.8 Å². The molecule has 0 radical (unpaired) electrons. The highest BCUT2D eigenvalue weighted by Gasteiger charge is 2.54. The van der Waals surface area contributed by atoms with Gasteiger partial charge in [-0.1, -0.05) is 159 Å². The maximum absolute atomic E-state index is 14.2. The minimum absolute atomic E-state index is 0.0908. The van der Waals surface area contributed by atoms with Gasteiger partial charge in [0.2, 0.25) is 0 Å². The minimum Gasteiger partial charge on any atom is -0.455 e. The number of hydrogen-bond acceptors (Lipinski definition) is 13. The molecule has 72 heavy (non-hydrogen) atoms. The van der Waals surface area contributed by atoms with E-state index in [0.29, 0.717) is 12.4 Å². The Hall–Kier alpha value is -4.93. The van der Waals surface area contributed by atoms with Crippen molar-refractivity contribution in [3.63, 3.8) is 0 Å². The van der Waals surface area contributed by atoms with Crippen molar-refractivity contribution in [2.45, 2.75) is 142 Å². The highest BCUT2D eigenvalue weighted by Crippen LogP contribution is 2.38. The highest BCUT2D eigenvalue weighted by atomic mass is 32.2. The highest BCUT2D eigenvalue weighted by molar-refractivity contribution is 7.99. The molecular weight excluding hydrogens is 933 g/mol. The molecule has 12 nitrogen and oxygen atoms in total. The molecule has 0 bridgehead atoms. The van der Waals surface area contributed by atoms with Gasteiger partial charge >= 0.3 is 11.9 Å². The number of ether oxygens (including phenoxy) is 10. The van der Waals surface area contributed by atoms with Gasteiger partial charge in [0.15, 0.2) is 18.5 Å². The fraction of sp³-hybridized carbons (Fsp3) is 0.458. The van der Waals surface area contributed by atoms with Crippen LogP contribution in [-0.2, 0) is 90.0 Å². The Morgan fingerprint density at radius 3 is 1.17 bits per heavy atom. The van der Waals surface area contributed by atoms with Gasteiger partial charge in [-0.25, -0.2) is 0 Å². The molecule has 2 saturated heterocycles. The molecule has 5 aromatic rings. The first-order chi connectivity index (χ1) is 34.8. The molecule has 386 valence electrons. The molecule has 0 aromatic heterocycles. The van der Waals surface area contributed by atoms with E-state index in [4.69, 9.17) is 47.4 Å². The summed E-state index contributed by atoms with van der Waals surface area (Å²) >= 11 is 1.50. The molecule has 0 aliphatic carbocycles. The van der Waals surface area contributed by atoms with Gasteiger partial charge in [-0.3, -0.25) is 9.59 Å². The van der Waals surface area contributed by atoms with E-state index in [-0.39, 0.29) is 39.6 Å². The molecule has 2 aliphatic rings. The Morgan fingerprint density at radius 2 is 0.778 bits per heavy atom. The van der Waals surface area contributed by atoms with Crippen LogP contribution in [0.25, 0.3) is 0 Å². The molecule has 7 rings (SSSR count). The molecule has 0 spiro atoms. The third kappa shape index (κ3) is 16.0. The van der Waals surface area contributed by atoms with Crippen molar-refractivity contribution in [3.8, 4) is 0 Å². The second kappa shape index (κ2) is 26.9. The van der Waals surface area contributed by atoms with Crippen LogP contribution in [0, 0.1) is 10.8 Å². The Bertz CT molecular complexity index is 2350. The van der Waals surface area contributed by atoms with Gasteiger partial charge in [0, 0.05) is 0 Å². The topological polar surface area (TPSA) is 126 Å². The van der Waals surface area contributed by atoms with Gasteiger partial charge in [0.05, 0.1) is 57.1 Å². The standard InChI is InChI=1S/C59H72O12S/c1-8-72-55-53(71-57(61)59(5,6)7)51(66-38-45-32-22-13-23-33-45)49(64-36-43-28-18-11-19-29-43)47(69-55)40-67-54-52(70-56(60)58(2,3)4)50(65-37-44-30-20-12-21-31-44)48(63-35-42-26-16-10-17-27-42)46(68-54)39-62-34-41-24-14-9-15-25-41/h9-33,46-55H,8,34-40H2,1-7H3/t46?,47?,48-,49-,50?,51?,52+,53+,54+,55?/m0/s1. The maximum atomic E-state index is 14.2. The molecule has 0 amide bonds. The third-order valence-electron chi connectivity index (χ3n) is 12.2. The van der Waals surface area contributed by atoms with Crippen molar-refractivity contribution in [1.82, 2.24) is 0 Å². The molecule has 13 heteroatoms. The zero-order valence-corrected chi connectivity index (χ0v) is 43.5. The van der Waals surface area contributed by atoms with Gasteiger partial charge < -0.3 is 47.4 Å².